The Morgan fingerprint density at radius 3 is 1.27 bits per heavy atom. The van der Waals surface area contributed by atoms with E-state index in [4.69, 9.17) is 9.47 Å². The molecule has 0 N–H and O–H groups in total. The first kappa shape index (κ1) is 15.8. The monoisotopic (exact) mass is 302 g/mol. The van der Waals surface area contributed by atoms with Gasteiger partial charge in [-0.3, -0.25) is 0 Å². The van der Waals surface area contributed by atoms with Crippen LogP contribution in [0.3, 0.4) is 0 Å². The Morgan fingerprint density at radius 2 is 1.00 bits per heavy atom. The molecule has 0 atom stereocenters. The summed E-state index contributed by atoms with van der Waals surface area (Å²) in [5.41, 5.74) is 1.10. The summed E-state index contributed by atoms with van der Waals surface area (Å²) in [6.07, 6.45) is 2.27. The van der Waals surface area contributed by atoms with E-state index in [1.165, 1.54) is 0 Å². The maximum Gasteiger partial charge on any atom is 0.159 e. The number of allylic oxidation sites excluding steroid dienone is 2. The Kier molecular flexibility index (Phi) is 5.31. The zero-order valence-electron chi connectivity index (χ0n) is 12.3. The van der Waals surface area contributed by atoms with Crippen LogP contribution in [0.5, 0.6) is 11.5 Å². The molecule has 0 radical (unpaired) electrons. The van der Waals surface area contributed by atoms with Crippen molar-refractivity contribution in [2.75, 3.05) is 14.2 Å². The fraction of sp³-hybridized carbons (Fsp3) is 0.111. The summed E-state index contributed by atoms with van der Waals surface area (Å²) in [5.74, 6) is -0.541. The Hall–Kier alpha value is -2.62. The summed E-state index contributed by atoms with van der Waals surface area (Å²) in [5, 5.41) is 0. The first-order chi connectivity index (χ1) is 10.6. The Bertz CT molecular complexity index is 610. The van der Waals surface area contributed by atoms with Crippen LogP contribution in [-0.4, -0.2) is 14.2 Å². The molecule has 0 heterocycles. The molecule has 0 aliphatic rings. The quantitative estimate of drug-likeness (QED) is 0.722. The summed E-state index contributed by atoms with van der Waals surface area (Å²) in [6.45, 7) is 0. The zero-order valence-corrected chi connectivity index (χ0v) is 12.3. The van der Waals surface area contributed by atoms with Crippen LogP contribution < -0.4 is 9.47 Å². The van der Waals surface area contributed by atoms with E-state index in [0.29, 0.717) is 22.6 Å². The van der Waals surface area contributed by atoms with Crippen LogP contribution >= 0.6 is 0 Å². The SMILES string of the molecule is COc1ccc(/C=C(F)/C(F)=C/c2ccc(OC)cc2)cc1. The summed E-state index contributed by atoms with van der Waals surface area (Å²) < 4.78 is 37.7. The number of rotatable bonds is 5. The Balaban J connectivity index is 2.16. The van der Waals surface area contributed by atoms with Gasteiger partial charge in [0.15, 0.2) is 11.7 Å². The molecule has 0 aliphatic carbocycles. The first-order valence-corrected chi connectivity index (χ1v) is 6.65. The van der Waals surface area contributed by atoms with Crippen LogP contribution in [0.1, 0.15) is 11.1 Å². The van der Waals surface area contributed by atoms with Crippen LogP contribution in [-0.2, 0) is 0 Å². The second kappa shape index (κ2) is 7.41. The first-order valence-electron chi connectivity index (χ1n) is 6.65. The van der Waals surface area contributed by atoms with Gasteiger partial charge in [-0.2, -0.15) is 0 Å². The van der Waals surface area contributed by atoms with Gasteiger partial charge in [-0.1, -0.05) is 24.3 Å². The standard InChI is InChI=1S/C18H16F2O2/c1-21-15-7-3-13(4-8-15)11-17(19)18(20)12-14-5-9-16(22-2)10-6-14/h3-12H,1-2H3/b17-11-,18-12-. The highest BCUT2D eigenvalue weighted by atomic mass is 19.2. The topological polar surface area (TPSA) is 18.5 Å². The lowest BCUT2D eigenvalue weighted by Gasteiger charge is -2.01. The highest BCUT2D eigenvalue weighted by Gasteiger charge is 2.04. The predicted molar refractivity (Wildman–Crippen MR) is 84.2 cm³/mol. The maximum absolute atomic E-state index is 13.9. The minimum absolute atomic E-state index is 0.552. The van der Waals surface area contributed by atoms with Gasteiger partial charge in [0.1, 0.15) is 11.5 Å². The van der Waals surface area contributed by atoms with Crippen LogP contribution in [0.4, 0.5) is 8.78 Å². The maximum atomic E-state index is 13.9. The van der Waals surface area contributed by atoms with Crippen molar-refractivity contribution in [1.29, 1.82) is 0 Å². The van der Waals surface area contributed by atoms with Gasteiger partial charge < -0.3 is 9.47 Å². The number of methoxy groups -OCH3 is 2. The number of benzene rings is 2. The van der Waals surface area contributed by atoms with Crippen LogP contribution in [0.2, 0.25) is 0 Å². The molecule has 0 amide bonds. The molecule has 0 bridgehead atoms. The summed E-state index contributed by atoms with van der Waals surface area (Å²) in [7, 11) is 3.09. The fourth-order valence-electron chi connectivity index (χ4n) is 1.83. The fourth-order valence-corrected chi connectivity index (χ4v) is 1.83. The Morgan fingerprint density at radius 1 is 0.682 bits per heavy atom. The zero-order chi connectivity index (χ0) is 15.9. The molecular formula is C18H16F2O2. The van der Waals surface area contributed by atoms with Crippen LogP contribution in [0.15, 0.2) is 60.2 Å². The van der Waals surface area contributed by atoms with Gasteiger partial charge in [0.25, 0.3) is 0 Å². The highest BCUT2D eigenvalue weighted by molar-refractivity contribution is 5.62. The molecule has 0 fully saturated rings. The van der Waals surface area contributed by atoms with E-state index < -0.39 is 11.7 Å². The molecule has 0 aromatic heterocycles. The van der Waals surface area contributed by atoms with Crippen molar-refractivity contribution in [3.8, 4) is 11.5 Å². The van der Waals surface area contributed by atoms with Gasteiger partial charge in [-0.05, 0) is 47.5 Å². The molecule has 22 heavy (non-hydrogen) atoms. The smallest absolute Gasteiger partial charge is 0.159 e. The van der Waals surface area contributed by atoms with Crippen molar-refractivity contribution < 1.29 is 18.3 Å². The summed E-state index contributed by atoms with van der Waals surface area (Å²) in [6, 6.07) is 13.3. The van der Waals surface area contributed by atoms with Gasteiger partial charge in [0.05, 0.1) is 14.2 Å². The molecule has 2 nitrogen and oxygen atoms in total. The minimum Gasteiger partial charge on any atom is -0.497 e. The molecule has 0 aliphatic heterocycles. The molecular weight excluding hydrogens is 286 g/mol. The van der Waals surface area contributed by atoms with Gasteiger partial charge >= 0.3 is 0 Å². The lowest BCUT2D eigenvalue weighted by molar-refractivity contribution is 0.414. The average Bonchev–Trinajstić information content (AvgIpc) is 2.56. The van der Waals surface area contributed by atoms with E-state index in [2.05, 4.69) is 0 Å². The largest absolute Gasteiger partial charge is 0.497 e. The summed E-state index contributed by atoms with van der Waals surface area (Å²) >= 11 is 0. The van der Waals surface area contributed by atoms with E-state index in [9.17, 15) is 8.78 Å². The van der Waals surface area contributed by atoms with E-state index in [1.807, 2.05) is 0 Å². The average molecular weight is 302 g/mol. The third kappa shape index (κ3) is 4.19. The van der Waals surface area contributed by atoms with Crippen molar-refractivity contribution in [2.24, 2.45) is 0 Å². The van der Waals surface area contributed by atoms with Crippen LogP contribution in [0, 0.1) is 0 Å². The lowest BCUT2D eigenvalue weighted by Crippen LogP contribution is -1.83. The number of ether oxygens (including phenoxy) is 2. The van der Waals surface area contributed by atoms with Gasteiger partial charge in [0, 0.05) is 0 Å². The second-order valence-electron chi connectivity index (χ2n) is 4.53. The van der Waals surface area contributed by atoms with Crippen molar-refractivity contribution in [2.45, 2.75) is 0 Å². The molecule has 0 spiro atoms. The second-order valence-corrected chi connectivity index (χ2v) is 4.53. The van der Waals surface area contributed by atoms with Crippen LogP contribution in [0.25, 0.3) is 12.2 Å². The molecule has 2 aromatic carbocycles. The van der Waals surface area contributed by atoms with E-state index in [1.54, 1.807) is 62.8 Å². The van der Waals surface area contributed by atoms with E-state index >= 15 is 0 Å². The highest BCUT2D eigenvalue weighted by Crippen LogP contribution is 2.22. The molecule has 2 aromatic rings. The van der Waals surface area contributed by atoms with Crippen molar-refractivity contribution in [1.82, 2.24) is 0 Å². The van der Waals surface area contributed by atoms with Crippen molar-refractivity contribution >= 4 is 12.2 Å². The van der Waals surface area contributed by atoms with Crippen molar-refractivity contribution in [3.63, 3.8) is 0 Å². The Labute approximate surface area is 128 Å². The molecule has 0 saturated heterocycles. The summed E-state index contributed by atoms with van der Waals surface area (Å²) in [4.78, 5) is 0. The molecule has 114 valence electrons. The van der Waals surface area contributed by atoms with E-state index in [0.717, 1.165) is 12.2 Å². The predicted octanol–water partition coefficient (Wildman–Crippen LogP) is 5.02. The van der Waals surface area contributed by atoms with Gasteiger partial charge in [-0.15, -0.1) is 0 Å². The third-order valence-corrected chi connectivity index (χ3v) is 3.05. The van der Waals surface area contributed by atoms with Crippen molar-refractivity contribution in [3.05, 3.63) is 71.3 Å². The van der Waals surface area contributed by atoms with Gasteiger partial charge in [-0.25, -0.2) is 8.78 Å². The minimum atomic E-state index is -0.930. The molecule has 2 rings (SSSR count). The van der Waals surface area contributed by atoms with E-state index in [-0.39, 0.29) is 0 Å². The molecule has 0 saturated carbocycles. The molecule has 4 heteroatoms. The normalized spacial score (nSPS) is 12.2. The molecule has 0 unspecified atom stereocenters. The number of halogens is 2. The number of hydrogen-bond donors (Lipinski definition) is 0. The lowest BCUT2D eigenvalue weighted by atomic mass is 10.1. The third-order valence-electron chi connectivity index (χ3n) is 3.05. The van der Waals surface area contributed by atoms with Gasteiger partial charge in [0.2, 0.25) is 0 Å². The number of hydrogen-bond acceptors (Lipinski definition) is 2.